The number of aromatic nitrogens is 1. The Morgan fingerprint density at radius 1 is 1.56 bits per heavy atom. The second-order valence-electron chi connectivity index (χ2n) is 3.96. The van der Waals surface area contributed by atoms with Crippen LogP contribution in [0.15, 0.2) is 18.3 Å². The third kappa shape index (κ3) is 3.21. The summed E-state index contributed by atoms with van der Waals surface area (Å²) in [5.74, 6) is 0.423. The maximum Gasteiger partial charge on any atom is 0.163 e. The molecule has 0 radical (unpaired) electrons. The van der Waals surface area contributed by atoms with Crippen molar-refractivity contribution in [1.29, 1.82) is 5.26 Å². The van der Waals surface area contributed by atoms with Crippen molar-refractivity contribution in [1.82, 2.24) is 4.98 Å². The highest BCUT2D eigenvalue weighted by Gasteiger charge is 2.14. The fraction of sp³-hybridized carbons (Fsp3) is 0.500. The largest absolute Gasteiger partial charge is 0.383 e. The fourth-order valence-electron chi connectivity index (χ4n) is 1.39. The van der Waals surface area contributed by atoms with Crippen molar-refractivity contribution in [2.24, 2.45) is 5.92 Å². The SMILES string of the molecule is COCC(Nc1cccnc1C#N)C(C)C. The molecule has 0 aromatic carbocycles. The van der Waals surface area contributed by atoms with Crippen molar-refractivity contribution < 1.29 is 4.74 Å². The number of nitrogens with zero attached hydrogens (tertiary/aromatic N) is 2. The van der Waals surface area contributed by atoms with E-state index in [9.17, 15) is 0 Å². The van der Waals surface area contributed by atoms with Crippen LogP contribution in [0.2, 0.25) is 0 Å². The van der Waals surface area contributed by atoms with E-state index in [0.717, 1.165) is 5.69 Å². The monoisotopic (exact) mass is 219 g/mol. The van der Waals surface area contributed by atoms with E-state index in [4.69, 9.17) is 10.00 Å². The highest BCUT2D eigenvalue weighted by molar-refractivity contribution is 5.53. The lowest BCUT2D eigenvalue weighted by molar-refractivity contribution is 0.171. The summed E-state index contributed by atoms with van der Waals surface area (Å²) < 4.78 is 5.15. The molecule has 86 valence electrons. The highest BCUT2D eigenvalue weighted by Crippen LogP contribution is 2.15. The Kier molecular flexibility index (Phi) is 4.74. The number of hydrogen-bond donors (Lipinski definition) is 1. The first-order chi connectivity index (χ1) is 7.69. The molecule has 0 aliphatic heterocycles. The third-order valence-electron chi connectivity index (χ3n) is 2.41. The molecule has 4 heteroatoms. The number of ether oxygens (including phenoxy) is 1. The first kappa shape index (κ1) is 12.5. The van der Waals surface area contributed by atoms with Crippen molar-refractivity contribution >= 4 is 5.69 Å². The first-order valence-corrected chi connectivity index (χ1v) is 5.29. The van der Waals surface area contributed by atoms with Gasteiger partial charge in [-0.3, -0.25) is 0 Å². The molecule has 0 saturated heterocycles. The Morgan fingerprint density at radius 3 is 2.88 bits per heavy atom. The molecule has 1 unspecified atom stereocenters. The van der Waals surface area contributed by atoms with Gasteiger partial charge in [-0.05, 0) is 18.1 Å². The number of rotatable bonds is 5. The summed E-state index contributed by atoms with van der Waals surface area (Å²) in [4.78, 5) is 4.01. The molecule has 1 aromatic rings. The molecular formula is C12H17N3O. The van der Waals surface area contributed by atoms with E-state index in [2.05, 4.69) is 30.2 Å². The molecule has 0 amide bonds. The van der Waals surface area contributed by atoms with Crippen LogP contribution in [-0.4, -0.2) is 24.7 Å². The minimum Gasteiger partial charge on any atom is -0.383 e. The predicted octanol–water partition coefficient (Wildman–Crippen LogP) is 2.04. The average Bonchev–Trinajstić information content (AvgIpc) is 2.29. The van der Waals surface area contributed by atoms with Crippen molar-refractivity contribution in [2.75, 3.05) is 19.0 Å². The molecule has 0 saturated carbocycles. The number of nitriles is 1. The molecule has 0 bridgehead atoms. The summed E-state index contributed by atoms with van der Waals surface area (Å²) in [5.41, 5.74) is 1.19. The van der Waals surface area contributed by atoms with E-state index in [1.165, 1.54) is 0 Å². The molecule has 4 nitrogen and oxygen atoms in total. The van der Waals surface area contributed by atoms with Crippen LogP contribution < -0.4 is 5.32 Å². The summed E-state index contributed by atoms with van der Waals surface area (Å²) in [6.45, 7) is 4.83. The van der Waals surface area contributed by atoms with Gasteiger partial charge in [-0.2, -0.15) is 5.26 Å². The van der Waals surface area contributed by atoms with Crippen LogP contribution in [-0.2, 0) is 4.74 Å². The number of anilines is 1. The van der Waals surface area contributed by atoms with Crippen LogP contribution in [0.1, 0.15) is 19.5 Å². The molecule has 0 aliphatic rings. The molecular weight excluding hydrogens is 202 g/mol. The van der Waals surface area contributed by atoms with Crippen molar-refractivity contribution in [3.63, 3.8) is 0 Å². The lowest BCUT2D eigenvalue weighted by atomic mass is 10.0. The molecule has 1 atom stereocenters. The second-order valence-corrected chi connectivity index (χ2v) is 3.96. The Balaban J connectivity index is 2.81. The van der Waals surface area contributed by atoms with Gasteiger partial charge in [0.25, 0.3) is 0 Å². The summed E-state index contributed by atoms with van der Waals surface area (Å²) in [6.07, 6.45) is 1.62. The zero-order chi connectivity index (χ0) is 12.0. The Bertz CT molecular complexity index is 371. The van der Waals surface area contributed by atoms with Crippen LogP contribution >= 0.6 is 0 Å². The first-order valence-electron chi connectivity index (χ1n) is 5.29. The van der Waals surface area contributed by atoms with Gasteiger partial charge in [0.1, 0.15) is 6.07 Å². The lowest BCUT2D eigenvalue weighted by Gasteiger charge is -2.22. The van der Waals surface area contributed by atoms with Crippen LogP contribution in [0.5, 0.6) is 0 Å². The Morgan fingerprint density at radius 2 is 2.31 bits per heavy atom. The molecule has 0 aliphatic carbocycles. The molecule has 0 fully saturated rings. The van der Waals surface area contributed by atoms with E-state index in [-0.39, 0.29) is 6.04 Å². The second kappa shape index (κ2) is 6.09. The van der Waals surface area contributed by atoms with E-state index in [0.29, 0.717) is 18.2 Å². The number of nitrogens with one attached hydrogen (secondary N) is 1. The maximum absolute atomic E-state index is 8.92. The van der Waals surface area contributed by atoms with Gasteiger partial charge in [0.2, 0.25) is 0 Å². The van der Waals surface area contributed by atoms with Crippen LogP contribution in [0.4, 0.5) is 5.69 Å². The summed E-state index contributed by atoms with van der Waals surface area (Å²) >= 11 is 0. The van der Waals surface area contributed by atoms with Gasteiger partial charge in [-0.25, -0.2) is 4.98 Å². The van der Waals surface area contributed by atoms with Crippen molar-refractivity contribution in [3.8, 4) is 6.07 Å². The topological polar surface area (TPSA) is 57.9 Å². The number of methoxy groups -OCH3 is 1. The van der Waals surface area contributed by atoms with Gasteiger partial charge >= 0.3 is 0 Å². The summed E-state index contributed by atoms with van der Waals surface area (Å²) in [5, 5.41) is 12.2. The molecule has 0 spiro atoms. The van der Waals surface area contributed by atoms with E-state index >= 15 is 0 Å². The Labute approximate surface area is 96.3 Å². The van der Waals surface area contributed by atoms with E-state index < -0.39 is 0 Å². The maximum atomic E-state index is 8.92. The molecule has 1 aromatic heterocycles. The quantitative estimate of drug-likeness (QED) is 0.823. The third-order valence-corrected chi connectivity index (χ3v) is 2.41. The van der Waals surface area contributed by atoms with Gasteiger partial charge < -0.3 is 10.1 Å². The molecule has 1 rings (SSSR count). The van der Waals surface area contributed by atoms with Crippen molar-refractivity contribution in [3.05, 3.63) is 24.0 Å². The standard InChI is InChI=1S/C12H17N3O/c1-9(2)12(8-16-3)15-10-5-4-6-14-11(10)7-13/h4-6,9,12,15H,8H2,1-3H3. The number of hydrogen-bond acceptors (Lipinski definition) is 4. The number of pyridine rings is 1. The summed E-state index contributed by atoms with van der Waals surface area (Å²) in [7, 11) is 1.67. The van der Waals surface area contributed by atoms with E-state index in [1.807, 2.05) is 12.1 Å². The smallest absolute Gasteiger partial charge is 0.163 e. The molecule has 16 heavy (non-hydrogen) atoms. The zero-order valence-electron chi connectivity index (χ0n) is 9.90. The van der Waals surface area contributed by atoms with Gasteiger partial charge in [0.05, 0.1) is 18.3 Å². The average molecular weight is 219 g/mol. The molecule has 1 N–H and O–H groups in total. The van der Waals surface area contributed by atoms with Gasteiger partial charge in [-0.1, -0.05) is 13.8 Å². The van der Waals surface area contributed by atoms with E-state index in [1.54, 1.807) is 13.3 Å². The van der Waals surface area contributed by atoms with Crippen LogP contribution in [0.25, 0.3) is 0 Å². The molecule has 1 heterocycles. The normalized spacial score (nSPS) is 12.2. The van der Waals surface area contributed by atoms with Crippen molar-refractivity contribution in [2.45, 2.75) is 19.9 Å². The van der Waals surface area contributed by atoms with Crippen LogP contribution in [0, 0.1) is 17.2 Å². The lowest BCUT2D eigenvalue weighted by Crippen LogP contribution is -2.30. The van der Waals surface area contributed by atoms with Gasteiger partial charge in [0.15, 0.2) is 5.69 Å². The van der Waals surface area contributed by atoms with Gasteiger partial charge in [-0.15, -0.1) is 0 Å². The zero-order valence-corrected chi connectivity index (χ0v) is 9.90. The summed E-state index contributed by atoms with van der Waals surface area (Å²) in [6, 6.07) is 5.92. The minimum atomic E-state index is 0.182. The highest BCUT2D eigenvalue weighted by atomic mass is 16.5. The predicted molar refractivity (Wildman–Crippen MR) is 63.1 cm³/mol. The Hall–Kier alpha value is -1.60. The fourth-order valence-corrected chi connectivity index (χ4v) is 1.39. The van der Waals surface area contributed by atoms with Crippen LogP contribution in [0.3, 0.4) is 0 Å². The van der Waals surface area contributed by atoms with Gasteiger partial charge in [0, 0.05) is 13.3 Å². The minimum absolute atomic E-state index is 0.182.